The van der Waals surface area contributed by atoms with Crippen LogP contribution in [0.4, 0.5) is 0 Å². The van der Waals surface area contributed by atoms with E-state index in [0.717, 1.165) is 24.8 Å². The first kappa shape index (κ1) is 16.8. The fourth-order valence-corrected chi connectivity index (χ4v) is 4.21. The fraction of sp³-hybridized carbons (Fsp3) is 0.947. The molecule has 0 aromatic heterocycles. The van der Waals surface area contributed by atoms with Gasteiger partial charge < -0.3 is 0 Å². The predicted molar refractivity (Wildman–Crippen MR) is 88.9 cm³/mol. The van der Waals surface area contributed by atoms with Crippen LogP contribution in [0.5, 0.6) is 0 Å². The highest BCUT2D eigenvalue weighted by molar-refractivity contribution is 5.00. The zero-order chi connectivity index (χ0) is 15.5. The molecule has 0 bridgehead atoms. The number of nitrogens with zero attached hydrogens (tertiary/aromatic N) is 2. The Kier molecular flexibility index (Phi) is 5.72. The van der Waals surface area contributed by atoms with Gasteiger partial charge in [0.1, 0.15) is 0 Å². The van der Waals surface area contributed by atoms with Gasteiger partial charge in [-0.05, 0) is 55.9 Å². The molecule has 0 amide bonds. The van der Waals surface area contributed by atoms with Gasteiger partial charge in [0, 0.05) is 12.6 Å². The Morgan fingerprint density at radius 3 is 2.33 bits per heavy atom. The summed E-state index contributed by atoms with van der Waals surface area (Å²) in [5.41, 5.74) is 0.425. The van der Waals surface area contributed by atoms with E-state index in [1.807, 2.05) is 0 Å². The van der Waals surface area contributed by atoms with Crippen molar-refractivity contribution in [1.82, 2.24) is 4.90 Å². The van der Waals surface area contributed by atoms with Gasteiger partial charge in [0.15, 0.2) is 0 Å². The third kappa shape index (κ3) is 3.81. The molecule has 0 aliphatic heterocycles. The van der Waals surface area contributed by atoms with E-state index >= 15 is 0 Å². The van der Waals surface area contributed by atoms with E-state index in [0.29, 0.717) is 11.5 Å². The molecule has 2 aliphatic carbocycles. The van der Waals surface area contributed by atoms with Crippen molar-refractivity contribution in [3.63, 3.8) is 0 Å². The van der Waals surface area contributed by atoms with Gasteiger partial charge in [-0.1, -0.05) is 40.5 Å². The Labute approximate surface area is 131 Å². The van der Waals surface area contributed by atoms with E-state index < -0.39 is 0 Å². The van der Waals surface area contributed by atoms with Crippen LogP contribution in [0.3, 0.4) is 0 Å². The van der Waals surface area contributed by atoms with Crippen molar-refractivity contribution >= 4 is 0 Å². The molecular weight excluding hydrogens is 256 g/mol. The van der Waals surface area contributed by atoms with Crippen molar-refractivity contribution in [1.29, 1.82) is 5.26 Å². The molecule has 0 N–H and O–H groups in total. The predicted octanol–water partition coefficient (Wildman–Crippen LogP) is 4.85. The third-order valence-electron chi connectivity index (χ3n) is 6.59. The van der Waals surface area contributed by atoms with E-state index in [4.69, 9.17) is 0 Å². The van der Waals surface area contributed by atoms with Crippen molar-refractivity contribution in [2.75, 3.05) is 13.1 Å². The van der Waals surface area contributed by atoms with Crippen molar-refractivity contribution in [2.24, 2.45) is 23.2 Å². The molecule has 2 aliphatic rings. The van der Waals surface area contributed by atoms with Crippen LogP contribution < -0.4 is 0 Å². The fourth-order valence-electron chi connectivity index (χ4n) is 4.21. The molecule has 0 aromatic carbocycles. The van der Waals surface area contributed by atoms with Gasteiger partial charge in [-0.3, -0.25) is 4.90 Å². The van der Waals surface area contributed by atoms with Crippen LogP contribution in [0.1, 0.15) is 72.6 Å². The highest BCUT2D eigenvalue weighted by atomic mass is 15.2. The second kappa shape index (κ2) is 7.14. The van der Waals surface area contributed by atoms with Crippen molar-refractivity contribution in [2.45, 2.75) is 78.7 Å². The van der Waals surface area contributed by atoms with Crippen molar-refractivity contribution in [3.05, 3.63) is 0 Å². The standard InChI is InChI=1S/C19H34N2/c1-5-19(3,4)17-11-10-16(13-20)18(12-17)21(6-2)14-15-8-7-9-15/h15-18H,5-12,14H2,1-4H3. The summed E-state index contributed by atoms with van der Waals surface area (Å²) >= 11 is 0. The molecule has 2 saturated carbocycles. The van der Waals surface area contributed by atoms with E-state index in [9.17, 15) is 5.26 Å². The minimum absolute atomic E-state index is 0.258. The highest BCUT2D eigenvalue weighted by Crippen LogP contribution is 2.44. The lowest BCUT2D eigenvalue weighted by atomic mass is 9.65. The molecule has 3 atom stereocenters. The van der Waals surface area contributed by atoms with Gasteiger partial charge in [-0.2, -0.15) is 5.26 Å². The maximum absolute atomic E-state index is 9.58. The summed E-state index contributed by atoms with van der Waals surface area (Å²) in [5.74, 6) is 1.95. The van der Waals surface area contributed by atoms with Crippen LogP contribution in [0.25, 0.3) is 0 Å². The van der Waals surface area contributed by atoms with Crippen molar-refractivity contribution in [3.8, 4) is 6.07 Å². The van der Waals surface area contributed by atoms with Gasteiger partial charge >= 0.3 is 0 Å². The Bertz CT molecular complexity index is 364. The average Bonchev–Trinajstić information content (AvgIpc) is 2.46. The van der Waals surface area contributed by atoms with Gasteiger partial charge in [-0.15, -0.1) is 0 Å². The molecule has 0 aromatic rings. The van der Waals surface area contributed by atoms with Crippen molar-refractivity contribution < 1.29 is 0 Å². The van der Waals surface area contributed by atoms with E-state index in [-0.39, 0.29) is 5.92 Å². The summed E-state index contributed by atoms with van der Waals surface area (Å²) in [7, 11) is 0. The molecule has 3 unspecified atom stereocenters. The normalized spacial score (nSPS) is 31.0. The number of rotatable bonds is 6. The van der Waals surface area contributed by atoms with Crippen LogP contribution in [0.2, 0.25) is 0 Å². The lowest BCUT2D eigenvalue weighted by Gasteiger charge is -2.46. The van der Waals surface area contributed by atoms with E-state index in [1.165, 1.54) is 45.1 Å². The summed E-state index contributed by atoms with van der Waals surface area (Å²) in [5, 5.41) is 9.58. The SMILES string of the molecule is CCN(CC1CCC1)C1CC(C(C)(C)CC)CCC1C#N. The molecule has 2 heteroatoms. The van der Waals surface area contributed by atoms with Crippen LogP contribution in [0.15, 0.2) is 0 Å². The Hall–Kier alpha value is -0.550. The Morgan fingerprint density at radius 2 is 1.86 bits per heavy atom. The van der Waals surface area contributed by atoms with Crippen LogP contribution in [-0.4, -0.2) is 24.0 Å². The average molecular weight is 290 g/mol. The van der Waals surface area contributed by atoms with Gasteiger partial charge in [0.25, 0.3) is 0 Å². The molecule has 2 nitrogen and oxygen atoms in total. The largest absolute Gasteiger partial charge is 0.299 e. The lowest BCUT2D eigenvalue weighted by molar-refractivity contribution is 0.0381. The first-order valence-corrected chi connectivity index (χ1v) is 9.15. The molecular formula is C19H34N2. The van der Waals surface area contributed by atoms with E-state index in [1.54, 1.807) is 0 Å². The maximum atomic E-state index is 9.58. The molecule has 21 heavy (non-hydrogen) atoms. The topological polar surface area (TPSA) is 27.0 Å². The zero-order valence-electron chi connectivity index (χ0n) is 14.6. The molecule has 2 fully saturated rings. The number of nitriles is 1. The summed E-state index contributed by atoms with van der Waals surface area (Å²) in [6.45, 7) is 11.8. The molecule has 2 rings (SSSR count). The highest BCUT2D eigenvalue weighted by Gasteiger charge is 2.40. The zero-order valence-corrected chi connectivity index (χ0v) is 14.6. The number of hydrogen-bond acceptors (Lipinski definition) is 2. The molecule has 0 radical (unpaired) electrons. The van der Waals surface area contributed by atoms with Crippen LogP contribution >= 0.6 is 0 Å². The van der Waals surface area contributed by atoms with Crippen LogP contribution in [0, 0.1) is 34.5 Å². The smallest absolute Gasteiger partial charge is 0.0672 e. The second-order valence-corrected chi connectivity index (χ2v) is 8.04. The minimum Gasteiger partial charge on any atom is -0.299 e. The minimum atomic E-state index is 0.258. The molecule has 120 valence electrons. The first-order valence-electron chi connectivity index (χ1n) is 9.15. The monoisotopic (exact) mass is 290 g/mol. The molecule has 0 heterocycles. The lowest BCUT2D eigenvalue weighted by Crippen LogP contribution is -2.48. The van der Waals surface area contributed by atoms with Gasteiger partial charge in [-0.25, -0.2) is 0 Å². The number of hydrogen-bond donors (Lipinski definition) is 0. The summed E-state index contributed by atoms with van der Waals surface area (Å²) in [6.07, 6.45) is 9.07. The molecule has 0 spiro atoms. The first-order chi connectivity index (χ1) is 10.0. The van der Waals surface area contributed by atoms with Gasteiger partial charge in [0.05, 0.1) is 12.0 Å². The van der Waals surface area contributed by atoms with Crippen LogP contribution in [-0.2, 0) is 0 Å². The Morgan fingerprint density at radius 1 is 1.14 bits per heavy atom. The Balaban J connectivity index is 2.05. The molecule has 0 saturated heterocycles. The third-order valence-corrected chi connectivity index (χ3v) is 6.59. The summed E-state index contributed by atoms with van der Waals surface area (Å²) in [4.78, 5) is 2.65. The summed E-state index contributed by atoms with van der Waals surface area (Å²) < 4.78 is 0. The maximum Gasteiger partial charge on any atom is 0.0672 e. The van der Waals surface area contributed by atoms with E-state index in [2.05, 4.69) is 38.7 Å². The summed E-state index contributed by atoms with van der Waals surface area (Å²) in [6, 6.07) is 3.13. The second-order valence-electron chi connectivity index (χ2n) is 8.04. The quantitative estimate of drug-likeness (QED) is 0.699. The van der Waals surface area contributed by atoms with Gasteiger partial charge in [0.2, 0.25) is 0 Å².